The number of pyridine rings is 1. The molecule has 1 aliphatic rings. The fourth-order valence-electron chi connectivity index (χ4n) is 3.17. The number of hydrogen-bond acceptors (Lipinski definition) is 5. The predicted octanol–water partition coefficient (Wildman–Crippen LogP) is 3.14. The van der Waals surface area contributed by atoms with E-state index in [4.69, 9.17) is 11.6 Å². The molecule has 3 aromatic heterocycles. The first kappa shape index (κ1) is 17.5. The number of halogens is 2. The topological polar surface area (TPSA) is 95.7 Å². The van der Waals surface area contributed by atoms with E-state index in [9.17, 15) is 14.3 Å². The number of amides is 1. The number of aromatic nitrogens is 4. The Balaban J connectivity index is 1.63. The highest BCUT2D eigenvalue weighted by molar-refractivity contribution is 6.32. The number of anilines is 1. The number of carboxylic acid groups (broad SMARTS) is 1. The Labute approximate surface area is 158 Å². The van der Waals surface area contributed by atoms with Crippen molar-refractivity contribution in [3.8, 4) is 11.5 Å². The van der Waals surface area contributed by atoms with Gasteiger partial charge in [0, 0.05) is 25.3 Å². The molecule has 1 fully saturated rings. The number of carbonyl (C=O) groups is 1. The lowest BCUT2D eigenvalue weighted by Gasteiger charge is -2.31. The van der Waals surface area contributed by atoms with Crippen molar-refractivity contribution in [2.75, 3.05) is 18.4 Å². The van der Waals surface area contributed by atoms with Gasteiger partial charge in [0.1, 0.15) is 28.0 Å². The number of imidazole rings is 1. The summed E-state index contributed by atoms with van der Waals surface area (Å²) in [6, 6.07) is 2.80. The van der Waals surface area contributed by atoms with E-state index in [2.05, 4.69) is 20.3 Å². The maximum atomic E-state index is 13.6. The van der Waals surface area contributed by atoms with E-state index in [1.165, 1.54) is 23.4 Å². The number of piperidine rings is 1. The van der Waals surface area contributed by atoms with Crippen molar-refractivity contribution in [1.82, 2.24) is 24.3 Å². The first-order valence-electron chi connectivity index (χ1n) is 8.41. The summed E-state index contributed by atoms with van der Waals surface area (Å²) in [5, 5.41) is 12.7. The fourth-order valence-corrected chi connectivity index (χ4v) is 3.32. The highest BCUT2D eigenvalue weighted by atomic mass is 35.5. The number of likely N-dealkylation sites (tertiary alicyclic amines) is 1. The molecule has 1 aliphatic heterocycles. The third-order valence-corrected chi connectivity index (χ3v) is 4.75. The van der Waals surface area contributed by atoms with Crippen LogP contribution in [0.3, 0.4) is 0 Å². The monoisotopic (exact) mass is 390 g/mol. The Morgan fingerprint density at radius 2 is 2.19 bits per heavy atom. The molecule has 2 N–H and O–H groups in total. The smallest absolute Gasteiger partial charge is 0.407 e. The Hall–Kier alpha value is -2.94. The fraction of sp³-hybridized carbons (Fsp3) is 0.294. The third kappa shape index (κ3) is 3.50. The van der Waals surface area contributed by atoms with Crippen LogP contribution in [0.1, 0.15) is 12.8 Å². The van der Waals surface area contributed by atoms with Crippen LogP contribution in [-0.4, -0.2) is 54.6 Å². The highest BCUT2D eigenvalue weighted by Gasteiger charge is 2.24. The van der Waals surface area contributed by atoms with Gasteiger partial charge >= 0.3 is 6.09 Å². The molecule has 0 radical (unpaired) electrons. The molecule has 4 rings (SSSR count). The van der Waals surface area contributed by atoms with Crippen LogP contribution in [-0.2, 0) is 0 Å². The van der Waals surface area contributed by atoms with Gasteiger partial charge in [0.05, 0.1) is 12.4 Å². The van der Waals surface area contributed by atoms with Crippen LogP contribution in [0.5, 0.6) is 0 Å². The molecule has 3 aromatic rings. The zero-order valence-corrected chi connectivity index (χ0v) is 14.9. The van der Waals surface area contributed by atoms with E-state index in [1.54, 1.807) is 16.7 Å². The average Bonchev–Trinajstić information content (AvgIpc) is 3.07. The lowest BCUT2D eigenvalue weighted by Crippen LogP contribution is -2.44. The number of hydrogen-bond donors (Lipinski definition) is 2. The van der Waals surface area contributed by atoms with Crippen LogP contribution in [0.2, 0.25) is 5.02 Å². The lowest BCUT2D eigenvalue weighted by atomic mass is 10.1. The minimum atomic E-state index is -0.941. The van der Waals surface area contributed by atoms with Crippen LogP contribution in [0.25, 0.3) is 17.2 Å². The molecular formula is C17H16ClFN6O2. The molecule has 0 unspecified atom stereocenters. The lowest BCUT2D eigenvalue weighted by molar-refractivity contribution is 0.133. The van der Waals surface area contributed by atoms with E-state index in [0.29, 0.717) is 41.1 Å². The Kier molecular flexibility index (Phi) is 4.53. The average molecular weight is 391 g/mol. The SMILES string of the molecule is O=C(O)N1CCC[C@@H](Nc2nc(-c3cnc4ccc(F)cn34)ncc2Cl)C1. The zero-order chi connectivity index (χ0) is 19.0. The number of nitrogens with zero attached hydrogens (tertiary/aromatic N) is 5. The van der Waals surface area contributed by atoms with E-state index in [0.717, 1.165) is 12.8 Å². The van der Waals surface area contributed by atoms with Gasteiger partial charge in [-0.15, -0.1) is 0 Å². The maximum Gasteiger partial charge on any atom is 0.407 e. The van der Waals surface area contributed by atoms with Gasteiger partial charge in [-0.05, 0) is 25.0 Å². The molecule has 27 heavy (non-hydrogen) atoms. The number of rotatable bonds is 3. The first-order valence-corrected chi connectivity index (χ1v) is 8.79. The van der Waals surface area contributed by atoms with Crippen molar-refractivity contribution in [2.24, 2.45) is 0 Å². The van der Waals surface area contributed by atoms with Crippen LogP contribution >= 0.6 is 11.6 Å². The van der Waals surface area contributed by atoms with Gasteiger partial charge in [0.25, 0.3) is 0 Å². The molecule has 1 amide bonds. The Bertz CT molecular complexity index is 1010. The number of fused-ring (bicyclic) bond motifs is 1. The second kappa shape index (κ2) is 6.99. The molecule has 1 atom stereocenters. The predicted molar refractivity (Wildman–Crippen MR) is 97.4 cm³/mol. The normalized spacial score (nSPS) is 17.3. The molecule has 0 spiro atoms. The summed E-state index contributed by atoms with van der Waals surface area (Å²) in [7, 11) is 0. The molecular weight excluding hydrogens is 375 g/mol. The summed E-state index contributed by atoms with van der Waals surface area (Å²) in [5.41, 5.74) is 1.10. The van der Waals surface area contributed by atoms with Gasteiger partial charge in [-0.3, -0.25) is 4.40 Å². The van der Waals surface area contributed by atoms with Gasteiger partial charge in [-0.1, -0.05) is 11.6 Å². The Morgan fingerprint density at radius 1 is 1.33 bits per heavy atom. The van der Waals surface area contributed by atoms with Crippen LogP contribution < -0.4 is 5.32 Å². The summed E-state index contributed by atoms with van der Waals surface area (Å²) in [6.07, 6.45) is 4.96. The summed E-state index contributed by atoms with van der Waals surface area (Å²) in [5.74, 6) is 0.348. The van der Waals surface area contributed by atoms with Crippen LogP contribution in [0, 0.1) is 5.82 Å². The minimum absolute atomic E-state index is 0.102. The van der Waals surface area contributed by atoms with Crippen molar-refractivity contribution >= 4 is 29.2 Å². The van der Waals surface area contributed by atoms with Crippen LogP contribution in [0.15, 0.2) is 30.7 Å². The molecule has 0 aromatic carbocycles. The molecule has 4 heterocycles. The quantitative estimate of drug-likeness (QED) is 0.713. The first-order chi connectivity index (χ1) is 13.0. The molecule has 1 saturated heterocycles. The number of nitrogens with one attached hydrogen (secondary N) is 1. The summed E-state index contributed by atoms with van der Waals surface area (Å²) >= 11 is 6.22. The molecule has 10 heteroatoms. The minimum Gasteiger partial charge on any atom is -0.465 e. The van der Waals surface area contributed by atoms with Gasteiger partial charge in [0.2, 0.25) is 0 Å². The van der Waals surface area contributed by atoms with Gasteiger partial charge in [-0.2, -0.15) is 0 Å². The highest BCUT2D eigenvalue weighted by Crippen LogP contribution is 2.25. The Morgan fingerprint density at radius 3 is 3.00 bits per heavy atom. The van der Waals surface area contributed by atoms with E-state index < -0.39 is 11.9 Å². The van der Waals surface area contributed by atoms with Gasteiger partial charge in [0.15, 0.2) is 5.82 Å². The summed E-state index contributed by atoms with van der Waals surface area (Å²) in [6.45, 7) is 0.871. The second-order valence-corrected chi connectivity index (χ2v) is 6.73. The molecule has 8 nitrogen and oxygen atoms in total. The van der Waals surface area contributed by atoms with Crippen molar-refractivity contribution < 1.29 is 14.3 Å². The third-order valence-electron chi connectivity index (χ3n) is 4.48. The molecule has 0 aliphatic carbocycles. The molecule has 0 saturated carbocycles. The zero-order valence-electron chi connectivity index (χ0n) is 14.1. The maximum absolute atomic E-state index is 13.6. The van der Waals surface area contributed by atoms with Crippen molar-refractivity contribution in [3.05, 3.63) is 41.6 Å². The van der Waals surface area contributed by atoms with Gasteiger partial charge in [-0.25, -0.2) is 24.1 Å². The van der Waals surface area contributed by atoms with Crippen molar-refractivity contribution in [1.29, 1.82) is 0 Å². The van der Waals surface area contributed by atoms with Crippen molar-refractivity contribution in [3.63, 3.8) is 0 Å². The molecule has 0 bridgehead atoms. The van der Waals surface area contributed by atoms with Crippen LogP contribution in [0.4, 0.5) is 15.0 Å². The van der Waals surface area contributed by atoms with E-state index in [-0.39, 0.29) is 6.04 Å². The standard InChI is InChI=1S/C17H16ClFN6O2/c18-12-6-21-16(13-7-20-14-4-3-10(19)8-25(13)14)23-15(12)22-11-2-1-5-24(9-11)17(26)27/h3-4,6-8,11H,1-2,5,9H2,(H,26,27)(H,21,22,23)/t11-/m1/s1. The second-order valence-electron chi connectivity index (χ2n) is 6.32. The van der Waals surface area contributed by atoms with Gasteiger partial charge < -0.3 is 15.3 Å². The van der Waals surface area contributed by atoms with Crippen molar-refractivity contribution in [2.45, 2.75) is 18.9 Å². The van der Waals surface area contributed by atoms with E-state index >= 15 is 0 Å². The summed E-state index contributed by atoms with van der Waals surface area (Å²) < 4.78 is 15.2. The summed E-state index contributed by atoms with van der Waals surface area (Å²) in [4.78, 5) is 25.5. The largest absolute Gasteiger partial charge is 0.465 e. The molecule has 140 valence electrons. The van der Waals surface area contributed by atoms with E-state index in [1.807, 2.05) is 0 Å².